The number of methoxy groups -OCH3 is 1. The molecule has 2 aliphatic rings. The first-order valence-electron chi connectivity index (χ1n) is 8.23. The third kappa shape index (κ3) is 2.38. The quantitative estimate of drug-likeness (QED) is 0.872. The molecule has 0 bridgehead atoms. The van der Waals surface area contributed by atoms with Crippen LogP contribution in [0.5, 0.6) is 5.75 Å². The Morgan fingerprint density at radius 3 is 2.83 bits per heavy atom. The summed E-state index contributed by atoms with van der Waals surface area (Å²) in [6.07, 6.45) is 3.93. The van der Waals surface area contributed by atoms with E-state index in [1.807, 2.05) is 47.0 Å². The molecule has 6 nitrogen and oxygen atoms in total. The zero-order valence-corrected chi connectivity index (χ0v) is 13.9. The van der Waals surface area contributed by atoms with Gasteiger partial charge in [-0.05, 0) is 37.5 Å². The maximum atomic E-state index is 12.8. The molecule has 0 spiro atoms. The summed E-state index contributed by atoms with van der Waals surface area (Å²) in [4.78, 5) is 19.2. The summed E-state index contributed by atoms with van der Waals surface area (Å²) in [5, 5.41) is 4.57. The molecule has 1 fully saturated rings. The monoisotopic (exact) mass is 324 g/mol. The first-order chi connectivity index (χ1) is 11.7. The van der Waals surface area contributed by atoms with Gasteiger partial charge in [0.25, 0.3) is 5.91 Å². The van der Waals surface area contributed by atoms with Crippen molar-refractivity contribution in [3.63, 3.8) is 0 Å². The van der Waals surface area contributed by atoms with E-state index in [4.69, 9.17) is 4.74 Å². The maximum Gasteiger partial charge on any atom is 0.277 e. The number of rotatable bonds is 3. The topological polar surface area (TPSA) is 59.7 Å². The Labute approximate surface area is 140 Å². The van der Waals surface area contributed by atoms with Crippen molar-refractivity contribution in [3.8, 4) is 5.75 Å². The third-order valence-corrected chi connectivity index (χ3v) is 4.80. The predicted octanol–water partition coefficient (Wildman–Crippen LogP) is 2.57. The fraction of sp³-hybridized carbons (Fsp3) is 0.389. The van der Waals surface area contributed by atoms with Gasteiger partial charge in [-0.15, -0.1) is 0 Å². The highest BCUT2D eigenvalue weighted by molar-refractivity contribution is 6.01. The van der Waals surface area contributed by atoms with Crippen molar-refractivity contribution >= 4 is 17.8 Å². The number of nitrogens with zero attached hydrogens (tertiary/aromatic N) is 4. The molecule has 0 radical (unpaired) electrons. The molecule has 1 aromatic heterocycles. The minimum Gasteiger partial charge on any atom is -0.497 e. The van der Waals surface area contributed by atoms with Crippen molar-refractivity contribution < 1.29 is 9.53 Å². The van der Waals surface area contributed by atoms with E-state index in [-0.39, 0.29) is 11.9 Å². The number of carbonyl (C=O) groups excluding carboxylic acids is 1. The van der Waals surface area contributed by atoms with Crippen LogP contribution >= 0.6 is 0 Å². The molecule has 0 N–H and O–H groups in total. The van der Waals surface area contributed by atoms with E-state index < -0.39 is 0 Å². The smallest absolute Gasteiger partial charge is 0.277 e. The number of ether oxygens (including phenoxy) is 1. The summed E-state index contributed by atoms with van der Waals surface area (Å²) in [6, 6.07) is 8.00. The Morgan fingerprint density at radius 2 is 2.08 bits per heavy atom. The highest BCUT2D eigenvalue weighted by atomic mass is 16.5. The van der Waals surface area contributed by atoms with Gasteiger partial charge in [-0.3, -0.25) is 14.5 Å². The summed E-state index contributed by atoms with van der Waals surface area (Å²) in [5.74, 6) is 0.827. The average Bonchev–Trinajstić information content (AvgIpc) is 3.16. The number of benzene rings is 1. The van der Waals surface area contributed by atoms with Crippen LogP contribution in [0.4, 0.5) is 5.69 Å². The lowest BCUT2D eigenvalue weighted by Crippen LogP contribution is -2.35. The minimum atomic E-state index is 0.00146. The number of fused-ring (bicyclic) bond motifs is 2. The molecule has 124 valence electrons. The van der Waals surface area contributed by atoms with Gasteiger partial charge in [0.05, 0.1) is 25.4 Å². The molecule has 1 saturated heterocycles. The first-order valence-corrected chi connectivity index (χ1v) is 8.23. The molecule has 6 heteroatoms. The van der Waals surface area contributed by atoms with E-state index in [9.17, 15) is 4.79 Å². The fourth-order valence-corrected chi connectivity index (χ4v) is 3.39. The van der Waals surface area contributed by atoms with Crippen molar-refractivity contribution in [1.29, 1.82) is 0 Å². The molecule has 2 aromatic rings. The van der Waals surface area contributed by atoms with Crippen molar-refractivity contribution in [3.05, 3.63) is 41.2 Å². The van der Waals surface area contributed by atoms with E-state index in [2.05, 4.69) is 10.1 Å². The Kier molecular flexibility index (Phi) is 3.59. The predicted molar refractivity (Wildman–Crippen MR) is 91.3 cm³/mol. The summed E-state index contributed by atoms with van der Waals surface area (Å²) < 4.78 is 7.04. The van der Waals surface area contributed by atoms with E-state index in [0.717, 1.165) is 36.4 Å². The van der Waals surface area contributed by atoms with Crippen LogP contribution < -0.4 is 4.74 Å². The second-order valence-electron chi connectivity index (χ2n) is 6.27. The van der Waals surface area contributed by atoms with Gasteiger partial charge in [0.1, 0.15) is 11.4 Å². The van der Waals surface area contributed by atoms with E-state index in [0.29, 0.717) is 17.9 Å². The summed E-state index contributed by atoms with van der Waals surface area (Å²) in [6.45, 7) is 3.37. The van der Waals surface area contributed by atoms with Gasteiger partial charge in [0.15, 0.2) is 5.69 Å². The molecule has 0 saturated carbocycles. The van der Waals surface area contributed by atoms with Crippen molar-refractivity contribution in [1.82, 2.24) is 14.7 Å². The lowest BCUT2D eigenvalue weighted by atomic mass is 10.2. The van der Waals surface area contributed by atoms with Crippen LogP contribution in [0.1, 0.15) is 34.6 Å². The third-order valence-electron chi connectivity index (χ3n) is 4.80. The summed E-state index contributed by atoms with van der Waals surface area (Å²) in [7, 11) is 1.65. The second-order valence-corrected chi connectivity index (χ2v) is 6.27. The molecular formula is C18H20N4O2. The summed E-state index contributed by atoms with van der Waals surface area (Å²) >= 11 is 0. The molecule has 1 amide bonds. The number of aromatic nitrogens is 2. The maximum absolute atomic E-state index is 12.8. The van der Waals surface area contributed by atoms with Gasteiger partial charge in [0, 0.05) is 12.8 Å². The number of aliphatic imine (C=N–C) groups is 1. The Bertz CT molecular complexity index is 807. The lowest BCUT2D eigenvalue weighted by Gasteiger charge is -2.18. The fourth-order valence-electron chi connectivity index (χ4n) is 3.39. The van der Waals surface area contributed by atoms with Gasteiger partial charge >= 0.3 is 0 Å². The van der Waals surface area contributed by atoms with Crippen molar-refractivity contribution in [2.75, 3.05) is 13.7 Å². The molecule has 0 unspecified atom stereocenters. The number of amides is 1. The van der Waals surface area contributed by atoms with E-state index >= 15 is 0 Å². The second kappa shape index (κ2) is 5.78. The molecule has 1 aromatic carbocycles. The average molecular weight is 324 g/mol. The standard InChI is InChI=1S/C18H20N4O2/c1-12-16-17(18(23)21-9-3-4-14(21)10-19-16)20-22(12)11-13-5-7-15(24-2)8-6-13/h5-8,10,14H,3-4,9,11H2,1-2H3/t14-/m0/s1. The molecule has 2 aliphatic heterocycles. The van der Waals surface area contributed by atoms with Crippen LogP contribution in [0, 0.1) is 6.92 Å². The molecular weight excluding hydrogens is 304 g/mol. The number of carbonyl (C=O) groups is 1. The van der Waals surface area contributed by atoms with E-state index in [1.165, 1.54) is 0 Å². The van der Waals surface area contributed by atoms with E-state index in [1.54, 1.807) is 7.11 Å². The van der Waals surface area contributed by atoms with Crippen LogP contribution in [0.2, 0.25) is 0 Å². The number of hydrogen-bond donors (Lipinski definition) is 0. The molecule has 1 atom stereocenters. The largest absolute Gasteiger partial charge is 0.497 e. The van der Waals surface area contributed by atoms with Crippen LogP contribution in [0.25, 0.3) is 0 Å². The Balaban J connectivity index is 1.67. The summed E-state index contributed by atoms with van der Waals surface area (Å²) in [5.41, 5.74) is 3.21. The van der Waals surface area contributed by atoms with Gasteiger partial charge in [-0.25, -0.2) is 0 Å². The van der Waals surface area contributed by atoms with Gasteiger partial charge in [0.2, 0.25) is 0 Å². The van der Waals surface area contributed by atoms with Crippen molar-refractivity contribution in [2.45, 2.75) is 32.4 Å². The lowest BCUT2D eigenvalue weighted by molar-refractivity contribution is 0.0768. The molecule has 4 rings (SSSR count). The SMILES string of the molecule is COc1ccc(Cn2nc3c(c2C)N=C[C@@H]2CCCN2C3=O)cc1. The van der Waals surface area contributed by atoms with Gasteiger partial charge in [-0.1, -0.05) is 12.1 Å². The minimum absolute atomic E-state index is 0.00146. The molecule has 3 heterocycles. The normalized spacial score (nSPS) is 19.2. The Hall–Kier alpha value is -2.63. The van der Waals surface area contributed by atoms with Gasteiger partial charge in [-0.2, -0.15) is 5.10 Å². The molecule has 24 heavy (non-hydrogen) atoms. The Morgan fingerprint density at radius 1 is 1.29 bits per heavy atom. The zero-order chi connectivity index (χ0) is 16.7. The number of hydrogen-bond acceptors (Lipinski definition) is 4. The highest BCUT2D eigenvalue weighted by Crippen LogP contribution is 2.31. The van der Waals surface area contributed by atoms with Crippen LogP contribution in [-0.2, 0) is 6.54 Å². The molecule has 0 aliphatic carbocycles. The van der Waals surface area contributed by atoms with Crippen molar-refractivity contribution in [2.24, 2.45) is 4.99 Å². The first kappa shape index (κ1) is 14.9. The van der Waals surface area contributed by atoms with Crippen LogP contribution in [-0.4, -0.2) is 46.5 Å². The van der Waals surface area contributed by atoms with Crippen LogP contribution in [0.15, 0.2) is 29.3 Å². The highest BCUT2D eigenvalue weighted by Gasteiger charge is 2.34. The zero-order valence-electron chi connectivity index (χ0n) is 13.9. The van der Waals surface area contributed by atoms with Crippen LogP contribution in [0.3, 0.4) is 0 Å². The van der Waals surface area contributed by atoms with Gasteiger partial charge < -0.3 is 9.64 Å².